The van der Waals surface area contributed by atoms with Crippen LogP contribution in [0.3, 0.4) is 0 Å². The molecule has 0 aliphatic carbocycles. The lowest BCUT2D eigenvalue weighted by Crippen LogP contribution is -2.49. The van der Waals surface area contributed by atoms with E-state index < -0.39 is 0 Å². The molecule has 5 nitrogen and oxygen atoms in total. The molecular weight excluding hydrogens is 204 g/mol. The number of hydrogen-bond acceptors (Lipinski definition) is 3. The van der Waals surface area contributed by atoms with E-state index in [4.69, 9.17) is 5.26 Å². The van der Waals surface area contributed by atoms with Gasteiger partial charge in [-0.05, 0) is 13.3 Å². The summed E-state index contributed by atoms with van der Waals surface area (Å²) in [5.41, 5.74) is 2.42. The van der Waals surface area contributed by atoms with Gasteiger partial charge in [-0.1, -0.05) is 6.92 Å². The number of nitriles is 1. The zero-order valence-corrected chi connectivity index (χ0v) is 9.45. The Morgan fingerprint density at radius 3 is 2.88 bits per heavy atom. The maximum atomic E-state index is 12.0. The molecule has 1 amide bonds. The summed E-state index contributed by atoms with van der Waals surface area (Å²) in [5, 5.41) is 15.6. The molecule has 1 saturated heterocycles. The number of rotatable bonds is 2. The first-order valence-corrected chi connectivity index (χ1v) is 5.40. The van der Waals surface area contributed by atoms with E-state index in [-0.39, 0.29) is 11.8 Å². The maximum absolute atomic E-state index is 12.0. The van der Waals surface area contributed by atoms with E-state index in [1.807, 2.05) is 13.8 Å². The smallest absolute Gasteiger partial charge is 0.274 e. The third kappa shape index (κ3) is 1.56. The second kappa shape index (κ2) is 3.97. The minimum Gasteiger partial charge on any atom is -0.334 e. The monoisotopic (exact) mass is 218 g/mol. The fraction of sp³-hybridized carbons (Fsp3) is 0.545. The van der Waals surface area contributed by atoms with Crippen molar-refractivity contribution in [3.63, 3.8) is 0 Å². The van der Waals surface area contributed by atoms with Gasteiger partial charge in [0.15, 0.2) is 5.69 Å². The summed E-state index contributed by atoms with van der Waals surface area (Å²) < 4.78 is 0. The Labute approximate surface area is 94.1 Å². The van der Waals surface area contributed by atoms with E-state index in [1.165, 1.54) is 0 Å². The molecule has 1 fully saturated rings. The Morgan fingerprint density at radius 2 is 2.38 bits per heavy atom. The van der Waals surface area contributed by atoms with Crippen LogP contribution in [0.25, 0.3) is 0 Å². The van der Waals surface area contributed by atoms with Crippen LogP contribution in [-0.4, -0.2) is 34.1 Å². The SMILES string of the molecule is CCc1[nH]nc(C(=O)N2CC(C#N)C2)c1C. The highest BCUT2D eigenvalue weighted by Gasteiger charge is 2.33. The van der Waals surface area contributed by atoms with Crippen molar-refractivity contribution in [1.29, 1.82) is 5.26 Å². The minimum atomic E-state index is -0.0695. The summed E-state index contributed by atoms with van der Waals surface area (Å²) in [5.74, 6) is -0.0752. The van der Waals surface area contributed by atoms with Crippen LogP contribution in [0.15, 0.2) is 0 Å². The molecule has 16 heavy (non-hydrogen) atoms. The molecule has 1 aliphatic rings. The molecule has 0 aromatic carbocycles. The predicted molar refractivity (Wildman–Crippen MR) is 57.7 cm³/mol. The first kappa shape index (κ1) is 10.7. The average molecular weight is 218 g/mol. The highest BCUT2D eigenvalue weighted by Crippen LogP contribution is 2.19. The number of aryl methyl sites for hydroxylation is 1. The van der Waals surface area contributed by atoms with Crippen LogP contribution >= 0.6 is 0 Å². The largest absolute Gasteiger partial charge is 0.334 e. The van der Waals surface area contributed by atoms with Crippen LogP contribution in [-0.2, 0) is 6.42 Å². The molecule has 1 aromatic heterocycles. The molecule has 1 aromatic rings. The lowest BCUT2D eigenvalue weighted by Gasteiger charge is -2.34. The van der Waals surface area contributed by atoms with Crippen LogP contribution in [0.5, 0.6) is 0 Å². The van der Waals surface area contributed by atoms with Gasteiger partial charge in [-0.15, -0.1) is 0 Å². The lowest BCUT2D eigenvalue weighted by atomic mass is 10.0. The molecule has 2 heterocycles. The number of hydrogen-bond donors (Lipinski definition) is 1. The normalized spacial score (nSPS) is 15.7. The van der Waals surface area contributed by atoms with E-state index in [9.17, 15) is 4.79 Å². The number of aromatic amines is 1. The number of nitrogens with one attached hydrogen (secondary N) is 1. The molecule has 0 bridgehead atoms. The Kier molecular flexibility index (Phi) is 2.65. The van der Waals surface area contributed by atoms with Gasteiger partial charge in [0.2, 0.25) is 0 Å². The van der Waals surface area contributed by atoms with Crippen molar-refractivity contribution in [3.05, 3.63) is 17.0 Å². The fourth-order valence-corrected chi connectivity index (χ4v) is 1.86. The third-order valence-electron chi connectivity index (χ3n) is 3.02. The van der Waals surface area contributed by atoms with Gasteiger partial charge in [0.05, 0.1) is 12.0 Å². The zero-order valence-electron chi connectivity index (χ0n) is 9.45. The molecule has 0 unspecified atom stereocenters. The van der Waals surface area contributed by atoms with Gasteiger partial charge >= 0.3 is 0 Å². The number of carbonyl (C=O) groups excluding carboxylic acids is 1. The molecule has 1 aliphatic heterocycles. The first-order valence-electron chi connectivity index (χ1n) is 5.40. The number of amides is 1. The van der Waals surface area contributed by atoms with E-state index >= 15 is 0 Å². The molecular formula is C11H14N4O. The van der Waals surface area contributed by atoms with Gasteiger partial charge in [-0.2, -0.15) is 10.4 Å². The molecule has 0 spiro atoms. The van der Waals surface area contributed by atoms with Crippen LogP contribution in [0.1, 0.15) is 28.7 Å². The summed E-state index contributed by atoms with van der Waals surface area (Å²) in [6.07, 6.45) is 0.840. The van der Waals surface area contributed by atoms with Crippen molar-refractivity contribution < 1.29 is 4.79 Å². The number of likely N-dealkylation sites (tertiary alicyclic amines) is 1. The highest BCUT2D eigenvalue weighted by molar-refractivity contribution is 5.94. The van der Waals surface area contributed by atoms with Crippen LogP contribution in [0, 0.1) is 24.2 Å². The quantitative estimate of drug-likeness (QED) is 0.800. The Bertz CT molecular complexity index is 451. The van der Waals surface area contributed by atoms with Gasteiger partial charge in [0, 0.05) is 24.3 Å². The Hall–Kier alpha value is -1.83. The van der Waals surface area contributed by atoms with Gasteiger partial charge < -0.3 is 4.90 Å². The highest BCUT2D eigenvalue weighted by atomic mass is 16.2. The minimum absolute atomic E-state index is 0.00570. The van der Waals surface area contributed by atoms with Crippen LogP contribution < -0.4 is 0 Å². The zero-order chi connectivity index (χ0) is 11.7. The molecule has 0 saturated carbocycles. The number of carbonyl (C=O) groups is 1. The topological polar surface area (TPSA) is 72.8 Å². The van der Waals surface area contributed by atoms with Gasteiger partial charge in [-0.3, -0.25) is 9.89 Å². The van der Waals surface area contributed by atoms with E-state index in [0.717, 1.165) is 17.7 Å². The Balaban J connectivity index is 2.11. The van der Waals surface area contributed by atoms with Crippen molar-refractivity contribution in [2.24, 2.45) is 5.92 Å². The lowest BCUT2D eigenvalue weighted by molar-refractivity contribution is 0.0570. The number of nitrogens with zero attached hydrogens (tertiary/aromatic N) is 3. The third-order valence-corrected chi connectivity index (χ3v) is 3.02. The van der Waals surface area contributed by atoms with Crippen LogP contribution in [0.2, 0.25) is 0 Å². The van der Waals surface area contributed by atoms with Gasteiger partial charge in [0.1, 0.15) is 0 Å². The number of H-pyrrole nitrogens is 1. The molecule has 2 rings (SSSR count). The molecule has 1 N–H and O–H groups in total. The summed E-state index contributed by atoms with van der Waals surface area (Å²) in [4.78, 5) is 13.6. The van der Waals surface area contributed by atoms with E-state index in [2.05, 4.69) is 16.3 Å². The molecule has 84 valence electrons. The van der Waals surface area contributed by atoms with Gasteiger partial charge in [0.25, 0.3) is 5.91 Å². The van der Waals surface area contributed by atoms with Crippen LogP contribution in [0.4, 0.5) is 0 Å². The maximum Gasteiger partial charge on any atom is 0.274 e. The van der Waals surface area contributed by atoms with E-state index in [0.29, 0.717) is 18.8 Å². The fourth-order valence-electron chi connectivity index (χ4n) is 1.86. The Morgan fingerprint density at radius 1 is 1.69 bits per heavy atom. The second-order valence-corrected chi connectivity index (χ2v) is 4.07. The van der Waals surface area contributed by atoms with E-state index in [1.54, 1.807) is 4.90 Å². The number of aromatic nitrogens is 2. The summed E-state index contributed by atoms with van der Waals surface area (Å²) in [6.45, 7) is 4.98. The second-order valence-electron chi connectivity index (χ2n) is 4.07. The molecule has 0 atom stereocenters. The predicted octanol–water partition coefficient (Wildman–Crippen LogP) is 0.876. The standard InChI is InChI=1S/C11H14N4O/c1-3-9-7(2)10(14-13-9)11(16)15-5-8(4-12)6-15/h8H,3,5-6H2,1-2H3,(H,13,14). The van der Waals surface area contributed by atoms with Crippen molar-refractivity contribution >= 4 is 5.91 Å². The molecule has 0 radical (unpaired) electrons. The van der Waals surface area contributed by atoms with Crippen molar-refractivity contribution in [2.45, 2.75) is 20.3 Å². The molecule has 5 heteroatoms. The summed E-state index contributed by atoms with van der Waals surface area (Å²) >= 11 is 0. The summed E-state index contributed by atoms with van der Waals surface area (Å²) in [7, 11) is 0. The summed E-state index contributed by atoms with van der Waals surface area (Å²) in [6, 6.07) is 2.15. The van der Waals surface area contributed by atoms with Crippen molar-refractivity contribution in [2.75, 3.05) is 13.1 Å². The van der Waals surface area contributed by atoms with Crippen molar-refractivity contribution in [1.82, 2.24) is 15.1 Å². The average Bonchev–Trinajstić information content (AvgIpc) is 2.57. The van der Waals surface area contributed by atoms with Crippen molar-refractivity contribution in [3.8, 4) is 6.07 Å². The van der Waals surface area contributed by atoms with Gasteiger partial charge in [-0.25, -0.2) is 0 Å². The first-order chi connectivity index (χ1) is 7.67.